The van der Waals surface area contributed by atoms with Gasteiger partial charge in [0.1, 0.15) is 5.82 Å². The van der Waals surface area contributed by atoms with Crippen LogP contribution in [0.1, 0.15) is 0 Å². The fourth-order valence-electron chi connectivity index (χ4n) is 5.11. The second kappa shape index (κ2) is 7.63. The monoisotopic (exact) mass is 469 g/mol. The molecule has 0 fully saturated rings. The van der Waals surface area contributed by atoms with E-state index in [1.54, 1.807) is 12.4 Å². The van der Waals surface area contributed by atoms with E-state index in [1.807, 2.05) is 78.9 Å². The van der Waals surface area contributed by atoms with Gasteiger partial charge in [0, 0.05) is 33.9 Å². The first-order valence-electron chi connectivity index (χ1n) is 11.5. The summed E-state index contributed by atoms with van der Waals surface area (Å²) >= 11 is 0. The number of hydrogen-bond donors (Lipinski definition) is 0. The lowest BCUT2D eigenvalue weighted by molar-refractivity contribution is 0.592. The van der Waals surface area contributed by atoms with E-state index in [4.69, 9.17) is 4.98 Å². The van der Waals surface area contributed by atoms with Crippen LogP contribution < -0.4 is 15.9 Å². The summed E-state index contributed by atoms with van der Waals surface area (Å²) in [6.07, 6.45) is 3.57. The first-order chi connectivity index (χ1) is 17.2. The van der Waals surface area contributed by atoms with Crippen molar-refractivity contribution in [2.75, 3.05) is 0 Å². The maximum atomic E-state index is 15.3. The Kier molecular flexibility index (Phi) is 4.39. The molecule has 1 unspecified atom stereocenters. The highest BCUT2D eigenvalue weighted by molar-refractivity contribution is 7.86. The lowest BCUT2D eigenvalue weighted by atomic mass is 10.1. The Labute approximate surface area is 202 Å². The fraction of sp³-hybridized carbons (Fsp3) is 0. The summed E-state index contributed by atoms with van der Waals surface area (Å²) < 4.78 is 17.5. The van der Waals surface area contributed by atoms with Crippen molar-refractivity contribution in [3.63, 3.8) is 0 Å². The van der Waals surface area contributed by atoms with Crippen LogP contribution in [0.5, 0.6) is 0 Å². The van der Waals surface area contributed by atoms with Crippen LogP contribution in [0.15, 0.2) is 122 Å². The number of rotatable bonds is 3. The molecule has 1 aliphatic rings. The first-order valence-corrected chi connectivity index (χ1v) is 13.2. The number of benzene rings is 4. The first kappa shape index (κ1) is 20.1. The number of nitrogens with zero attached hydrogens (tertiary/aromatic N) is 3. The van der Waals surface area contributed by atoms with Gasteiger partial charge in [0.05, 0.1) is 16.7 Å². The fourth-order valence-corrected chi connectivity index (χ4v) is 8.15. The molecule has 1 aliphatic heterocycles. The highest BCUT2D eigenvalue weighted by atomic mass is 31.2. The molecule has 0 amide bonds. The van der Waals surface area contributed by atoms with Gasteiger partial charge in [0.25, 0.3) is 0 Å². The predicted octanol–water partition coefficient (Wildman–Crippen LogP) is 5.71. The van der Waals surface area contributed by atoms with Gasteiger partial charge < -0.3 is 4.57 Å². The number of para-hydroxylation sites is 1. The summed E-state index contributed by atoms with van der Waals surface area (Å²) in [6, 6.07) is 36.3. The molecule has 0 saturated carbocycles. The summed E-state index contributed by atoms with van der Waals surface area (Å²) in [5, 5.41) is 2.48. The van der Waals surface area contributed by atoms with Crippen molar-refractivity contribution in [2.24, 2.45) is 0 Å². The van der Waals surface area contributed by atoms with Crippen molar-refractivity contribution in [2.45, 2.75) is 0 Å². The average Bonchev–Trinajstić information content (AvgIpc) is 3.33. The molecule has 4 aromatic carbocycles. The van der Waals surface area contributed by atoms with Crippen LogP contribution in [-0.2, 0) is 4.57 Å². The van der Waals surface area contributed by atoms with Crippen LogP contribution in [0, 0.1) is 0 Å². The Hall–Kier alpha value is -4.27. The highest BCUT2D eigenvalue weighted by Gasteiger charge is 2.40. The van der Waals surface area contributed by atoms with E-state index in [-0.39, 0.29) is 0 Å². The van der Waals surface area contributed by atoms with E-state index in [2.05, 4.69) is 39.9 Å². The van der Waals surface area contributed by atoms with E-state index >= 15 is 4.57 Å². The van der Waals surface area contributed by atoms with Gasteiger partial charge in [-0.1, -0.05) is 72.8 Å². The number of pyridine rings is 1. The molecular formula is C30H20N3OP. The van der Waals surface area contributed by atoms with Crippen molar-refractivity contribution in [3.05, 3.63) is 122 Å². The highest BCUT2D eigenvalue weighted by Crippen LogP contribution is 2.50. The molecule has 1 atom stereocenters. The normalized spacial score (nSPS) is 16.2. The zero-order valence-electron chi connectivity index (χ0n) is 18.7. The average molecular weight is 469 g/mol. The Morgan fingerprint density at radius 1 is 0.629 bits per heavy atom. The number of aromatic nitrogens is 3. The molecule has 0 saturated heterocycles. The van der Waals surface area contributed by atoms with Crippen LogP contribution >= 0.6 is 7.14 Å². The van der Waals surface area contributed by atoms with Gasteiger partial charge in [0.15, 0.2) is 7.14 Å². The molecule has 0 spiro atoms. The molecule has 5 heteroatoms. The van der Waals surface area contributed by atoms with E-state index < -0.39 is 7.14 Å². The summed E-state index contributed by atoms with van der Waals surface area (Å²) in [6.45, 7) is 0. The van der Waals surface area contributed by atoms with Crippen molar-refractivity contribution >= 4 is 34.1 Å². The molecular weight excluding hydrogens is 449 g/mol. The summed E-state index contributed by atoms with van der Waals surface area (Å²) in [7, 11) is -3.17. The molecule has 6 aromatic rings. The SMILES string of the molecule is O=P1(c2ccccc2)c2cc(-c3ccncc3)ccc2-n2c(-c3ccccc3)nc3cccc1c32. The van der Waals surface area contributed by atoms with Gasteiger partial charge in [-0.05, 0) is 47.5 Å². The van der Waals surface area contributed by atoms with Crippen LogP contribution in [-0.4, -0.2) is 14.5 Å². The quantitative estimate of drug-likeness (QED) is 0.312. The van der Waals surface area contributed by atoms with Gasteiger partial charge >= 0.3 is 0 Å². The third-order valence-electron chi connectivity index (χ3n) is 6.72. The van der Waals surface area contributed by atoms with E-state index in [0.29, 0.717) is 0 Å². The summed E-state index contributed by atoms with van der Waals surface area (Å²) in [5.74, 6) is 0.852. The van der Waals surface area contributed by atoms with E-state index in [0.717, 1.165) is 55.1 Å². The number of imidazole rings is 1. The zero-order valence-corrected chi connectivity index (χ0v) is 19.6. The molecule has 7 rings (SSSR count). The second-order valence-corrected chi connectivity index (χ2v) is 11.4. The van der Waals surface area contributed by atoms with Gasteiger partial charge in [-0.25, -0.2) is 4.98 Å². The standard InChI is InChI=1S/C30H20N3OP/c34-35(24-10-5-2-6-11-24)27-13-7-12-25-29(27)33(30(32-25)22-8-3-1-4-9-22)26-15-14-23(20-28(26)35)21-16-18-31-19-17-21/h1-20H. The smallest absolute Gasteiger partial charge is 0.175 e. The molecule has 35 heavy (non-hydrogen) atoms. The molecule has 4 nitrogen and oxygen atoms in total. The molecule has 0 N–H and O–H groups in total. The Balaban J connectivity index is 1.63. The Bertz CT molecular complexity index is 1760. The van der Waals surface area contributed by atoms with Crippen LogP contribution in [0.4, 0.5) is 0 Å². The third-order valence-corrected chi connectivity index (χ3v) is 9.82. The Morgan fingerprint density at radius 2 is 1.37 bits per heavy atom. The summed E-state index contributed by atoms with van der Waals surface area (Å²) in [5.41, 5.74) is 5.76. The molecule has 3 heterocycles. The van der Waals surface area contributed by atoms with Crippen molar-refractivity contribution in [3.8, 4) is 28.2 Å². The lowest BCUT2D eigenvalue weighted by Crippen LogP contribution is -2.33. The minimum atomic E-state index is -3.17. The number of fused-ring (bicyclic) bond motifs is 2. The van der Waals surface area contributed by atoms with Gasteiger partial charge in [-0.15, -0.1) is 0 Å². The number of hydrogen-bond acceptors (Lipinski definition) is 3. The molecule has 0 radical (unpaired) electrons. The van der Waals surface area contributed by atoms with Gasteiger partial charge in [-0.3, -0.25) is 9.55 Å². The predicted molar refractivity (Wildman–Crippen MR) is 143 cm³/mol. The van der Waals surface area contributed by atoms with Gasteiger partial charge in [0.2, 0.25) is 0 Å². The van der Waals surface area contributed by atoms with Crippen LogP contribution in [0.2, 0.25) is 0 Å². The second-order valence-electron chi connectivity index (χ2n) is 8.67. The maximum absolute atomic E-state index is 15.3. The minimum absolute atomic E-state index is 0.827. The van der Waals surface area contributed by atoms with E-state index in [1.165, 1.54) is 0 Å². The zero-order chi connectivity index (χ0) is 23.4. The van der Waals surface area contributed by atoms with Crippen LogP contribution in [0.3, 0.4) is 0 Å². The molecule has 2 aromatic heterocycles. The minimum Gasteiger partial charge on any atom is -0.308 e. The van der Waals surface area contributed by atoms with Gasteiger partial charge in [-0.2, -0.15) is 0 Å². The lowest BCUT2D eigenvalue weighted by Gasteiger charge is -2.29. The topological polar surface area (TPSA) is 47.8 Å². The largest absolute Gasteiger partial charge is 0.308 e. The molecule has 0 bridgehead atoms. The van der Waals surface area contributed by atoms with Crippen molar-refractivity contribution in [1.29, 1.82) is 0 Å². The van der Waals surface area contributed by atoms with Crippen LogP contribution in [0.25, 0.3) is 39.2 Å². The maximum Gasteiger partial charge on any atom is 0.175 e. The van der Waals surface area contributed by atoms with Crippen molar-refractivity contribution in [1.82, 2.24) is 14.5 Å². The molecule has 0 aliphatic carbocycles. The third kappa shape index (κ3) is 2.90. The Morgan fingerprint density at radius 3 is 2.14 bits per heavy atom. The molecule has 166 valence electrons. The van der Waals surface area contributed by atoms with E-state index in [9.17, 15) is 0 Å². The van der Waals surface area contributed by atoms with Crippen molar-refractivity contribution < 1.29 is 4.57 Å². The summed E-state index contributed by atoms with van der Waals surface area (Å²) in [4.78, 5) is 9.19.